The van der Waals surface area contributed by atoms with Crippen LogP contribution >= 0.6 is 0 Å². The summed E-state index contributed by atoms with van der Waals surface area (Å²) in [5.41, 5.74) is 5.77. The lowest BCUT2D eigenvalue weighted by atomic mass is 10.0. The molecular formula is C12H17N3. The second kappa shape index (κ2) is 5.96. The molecule has 3 heteroatoms. The molecular weight excluding hydrogens is 186 g/mol. The maximum atomic E-state index is 7.75. The number of nitrogens with one attached hydrogen (secondary N) is 2. The molecule has 0 aliphatic heterocycles. The lowest BCUT2D eigenvalue weighted by molar-refractivity contribution is 0.856. The van der Waals surface area contributed by atoms with Gasteiger partial charge in [0.25, 0.3) is 0 Å². The minimum absolute atomic E-state index is 0.0715. The van der Waals surface area contributed by atoms with E-state index in [-0.39, 0.29) is 42.0 Å². The van der Waals surface area contributed by atoms with Crippen LogP contribution in [0, 0.1) is 10.8 Å². The van der Waals surface area contributed by atoms with E-state index in [9.17, 15) is 0 Å². The highest BCUT2D eigenvalue weighted by Crippen LogP contribution is 2.05. The number of rotatable bonds is 6. The zero-order valence-corrected chi connectivity index (χ0v) is 8.41. The molecule has 0 amide bonds. The van der Waals surface area contributed by atoms with Crippen molar-refractivity contribution in [2.75, 3.05) is 0 Å². The van der Waals surface area contributed by atoms with E-state index in [1.54, 1.807) is 0 Å². The monoisotopic (exact) mass is 208 g/mol. The molecule has 0 aromatic heterocycles. The Morgan fingerprint density at radius 2 is 1.93 bits per heavy atom. The van der Waals surface area contributed by atoms with Crippen LogP contribution in [0.4, 0.5) is 0 Å². The third-order valence-electron chi connectivity index (χ3n) is 1.86. The zero-order chi connectivity index (χ0) is 15.4. The first kappa shape index (κ1) is 6.05. The highest BCUT2D eigenvalue weighted by molar-refractivity contribution is 5.99. The molecule has 0 radical (unpaired) electrons. The smallest absolute Gasteiger partial charge is 0.0962 e. The molecule has 1 aromatic carbocycles. The quantitative estimate of drug-likeness (QED) is 0.487. The molecule has 0 atom stereocenters. The molecule has 4 N–H and O–H groups in total. The van der Waals surface area contributed by atoms with Crippen LogP contribution < -0.4 is 5.73 Å². The molecule has 0 unspecified atom stereocenters. The number of amidine groups is 1. The van der Waals surface area contributed by atoms with Crippen molar-refractivity contribution in [1.29, 1.82) is 10.8 Å². The van der Waals surface area contributed by atoms with Crippen LogP contribution in [0.1, 0.15) is 31.7 Å². The molecule has 0 fully saturated rings. The molecule has 3 nitrogen and oxygen atoms in total. The summed E-state index contributed by atoms with van der Waals surface area (Å²) in [6.45, 7) is 0. The zero-order valence-electron chi connectivity index (χ0n) is 13.4. The topological polar surface area (TPSA) is 73.7 Å². The molecule has 0 saturated carbocycles. The Kier molecular flexibility index (Phi) is 2.41. The number of hydrogen-bond donors (Lipinski definition) is 3. The molecule has 80 valence electrons. The Bertz CT molecular complexity index is 528. The molecule has 15 heavy (non-hydrogen) atoms. The van der Waals surface area contributed by atoms with Gasteiger partial charge in [-0.05, 0) is 24.8 Å². The van der Waals surface area contributed by atoms with E-state index >= 15 is 0 Å². The third kappa shape index (κ3) is 4.96. The largest absolute Gasteiger partial charge is 0.387 e. The fourth-order valence-corrected chi connectivity index (χ4v) is 1.20. The van der Waals surface area contributed by atoms with Gasteiger partial charge in [0.15, 0.2) is 0 Å². The van der Waals surface area contributed by atoms with E-state index in [0.29, 0.717) is 25.0 Å². The molecule has 0 saturated heterocycles. The third-order valence-corrected chi connectivity index (χ3v) is 1.86. The average molecular weight is 208 g/mol. The van der Waals surface area contributed by atoms with Crippen LogP contribution in [0.25, 0.3) is 0 Å². The van der Waals surface area contributed by atoms with E-state index in [2.05, 4.69) is 0 Å². The standard InChI is InChI=1S/C12H17N3/c13-11(9-12(14)15)8-4-7-10-5-2-1-3-6-10/h1-3,5-6,13H,4,7-9H2,(H3,14,15)/i1D,2D,3D,5D,6D. The highest BCUT2D eigenvalue weighted by atomic mass is 14.7. The van der Waals surface area contributed by atoms with Crippen molar-refractivity contribution in [2.24, 2.45) is 5.73 Å². The van der Waals surface area contributed by atoms with Gasteiger partial charge < -0.3 is 11.1 Å². The Labute approximate surface area is 97.4 Å². The summed E-state index contributed by atoms with van der Waals surface area (Å²) in [6, 6.07) is -1.43. The van der Waals surface area contributed by atoms with Gasteiger partial charge in [0.1, 0.15) is 0 Å². The van der Waals surface area contributed by atoms with Gasteiger partial charge in [-0.2, -0.15) is 0 Å². The minimum Gasteiger partial charge on any atom is -0.387 e. The average Bonchev–Trinajstić information content (AvgIpc) is 2.37. The van der Waals surface area contributed by atoms with Crippen LogP contribution in [0.5, 0.6) is 0 Å². The molecule has 1 rings (SSSR count). The molecule has 0 spiro atoms. The minimum atomic E-state index is -0.395. The van der Waals surface area contributed by atoms with Crippen LogP contribution in [-0.4, -0.2) is 11.5 Å². The summed E-state index contributed by atoms with van der Waals surface area (Å²) < 4.78 is 38.1. The molecule has 1 aromatic rings. The van der Waals surface area contributed by atoms with Gasteiger partial charge in [-0.25, -0.2) is 0 Å². The van der Waals surface area contributed by atoms with Crippen LogP contribution in [0.3, 0.4) is 0 Å². The van der Waals surface area contributed by atoms with Crippen molar-refractivity contribution in [1.82, 2.24) is 0 Å². The van der Waals surface area contributed by atoms with Gasteiger partial charge >= 0.3 is 0 Å². The summed E-state index contributed by atoms with van der Waals surface area (Å²) in [5, 5.41) is 14.7. The van der Waals surface area contributed by atoms with Crippen LogP contribution in [0.2, 0.25) is 0 Å². The van der Waals surface area contributed by atoms with E-state index < -0.39 is 6.04 Å². The maximum absolute atomic E-state index is 7.75. The van der Waals surface area contributed by atoms with Gasteiger partial charge in [-0.1, -0.05) is 30.2 Å². The van der Waals surface area contributed by atoms with Gasteiger partial charge in [-0.3, -0.25) is 5.41 Å². The highest BCUT2D eigenvalue weighted by Gasteiger charge is 1.99. The fourth-order valence-electron chi connectivity index (χ4n) is 1.20. The Morgan fingerprint density at radius 3 is 2.53 bits per heavy atom. The summed E-state index contributed by atoms with van der Waals surface area (Å²) in [6.07, 6.45) is 1.29. The number of nitrogens with two attached hydrogens (primary N) is 1. The van der Waals surface area contributed by atoms with E-state index in [1.165, 1.54) is 0 Å². The van der Waals surface area contributed by atoms with Crippen molar-refractivity contribution in [3.8, 4) is 0 Å². The molecule has 0 bridgehead atoms. The predicted octanol–water partition coefficient (Wildman–Crippen LogP) is 2.36. The number of hydrogen-bond acceptors (Lipinski definition) is 2. The first-order valence-electron chi connectivity index (χ1n) is 7.20. The molecule has 0 aliphatic carbocycles. The SMILES string of the molecule is [2H]c1c([2H])c([2H])c(CCCC(=N)CC(=N)N)c([2H])c1[2H]. The first-order valence-corrected chi connectivity index (χ1v) is 4.70. The van der Waals surface area contributed by atoms with Crippen molar-refractivity contribution >= 4 is 11.5 Å². The summed E-state index contributed by atoms with van der Waals surface area (Å²) in [4.78, 5) is 0. The maximum Gasteiger partial charge on any atom is 0.0962 e. The fraction of sp³-hybridized carbons (Fsp3) is 0.333. The van der Waals surface area contributed by atoms with Crippen molar-refractivity contribution < 1.29 is 6.85 Å². The summed E-state index contributed by atoms with van der Waals surface area (Å²) >= 11 is 0. The summed E-state index contributed by atoms with van der Waals surface area (Å²) in [7, 11) is 0. The second-order valence-corrected chi connectivity index (χ2v) is 3.26. The van der Waals surface area contributed by atoms with Crippen LogP contribution in [-0.2, 0) is 6.42 Å². The van der Waals surface area contributed by atoms with E-state index in [0.717, 1.165) is 0 Å². The molecule has 0 heterocycles. The van der Waals surface area contributed by atoms with Gasteiger partial charge in [0, 0.05) is 12.1 Å². The van der Waals surface area contributed by atoms with Crippen molar-refractivity contribution in [3.05, 3.63) is 35.8 Å². The Balaban J connectivity index is 2.79. The van der Waals surface area contributed by atoms with Gasteiger partial charge in [0.05, 0.1) is 12.7 Å². The Hall–Kier alpha value is -1.64. The predicted molar refractivity (Wildman–Crippen MR) is 63.6 cm³/mol. The first-order chi connectivity index (χ1) is 9.25. The van der Waals surface area contributed by atoms with Gasteiger partial charge in [0.2, 0.25) is 0 Å². The van der Waals surface area contributed by atoms with Gasteiger partial charge in [-0.15, -0.1) is 0 Å². The van der Waals surface area contributed by atoms with Crippen molar-refractivity contribution in [2.45, 2.75) is 25.7 Å². The second-order valence-electron chi connectivity index (χ2n) is 3.26. The lowest BCUT2D eigenvalue weighted by Crippen LogP contribution is -2.14. The summed E-state index contributed by atoms with van der Waals surface area (Å²) in [5.74, 6) is -0.0715. The lowest BCUT2D eigenvalue weighted by Gasteiger charge is -2.03. The van der Waals surface area contributed by atoms with E-state index in [4.69, 9.17) is 23.4 Å². The number of benzene rings is 1. The van der Waals surface area contributed by atoms with Crippen LogP contribution in [0.15, 0.2) is 30.2 Å². The van der Waals surface area contributed by atoms with E-state index in [1.807, 2.05) is 0 Å². The normalized spacial score (nSPS) is 14.5. The van der Waals surface area contributed by atoms with Crippen molar-refractivity contribution in [3.63, 3.8) is 0 Å². The molecule has 0 aliphatic rings. The Morgan fingerprint density at radius 1 is 1.27 bits per heavy atom.